The SMILES string of the molecule is O=C1N[C@H]2CC[C@@H]1CN(Cc1ccc3cccc(Cl)c3n1)C2. The van der Waals surface area contributed by atoms with Crippen molar-refractivity contribution < 1.29 is 4.79 Å². The van der Waals surface area contributed by atoms with Crippen molar-refractivity contribution in [3.05, 3.63) is 41.0 Å². The van der Waals surface area contributed by atoms with Crippen LogP contribution >= 0.6 is 11.6 Å². The molecule has 0 spiro atoms. The molecule has 1 aromatic heterocycles. The summed E-state index contributed by atoms with van der Waals surface area (Å²) >= 11 is 6.24. The minimum Gasteiger partial charge on any atom is -0.352 e. The Hall–Kier alpha value is -1.65. The Labute approximate surface area is 134 Å². The summed E-state index contributed by atoms with van der Waals surface area (Å²) in [5.41, 5.74) is 1.86. The highest BCUT2D eigenvalue weighted by molar-refractivity contribution is 6.35. The molecule has 1 aromatic carbocycles. The number of para-hydroxylation sites is 1. The van der Waals surface area contributed by atoms with E-state index >= 15 is 0 Å². The number of benzene rings is 1. The van der Waals surface area contributed by atoms with Crippen LogP contribution in [-0.4, -0.2) is 34.9 Å². The fourth-order valence-corrected chi connectivity index (χ4v) is 3.76. The van der Waals surface area contributed by atoms with E-state index in [0.717, 1.165) is 49.1 Å². The summed E-state index contributed by atoms with van der Waals surface area (Å²) in [5.74, 6) is 0.344. The second-order valence-electron chi connectivity index (χ2n) is 6.29. The van der Waals surface area contributed by atoms with E-state index in [1.54, 1.807) is 0 Å². The van der Waals surface area contributed by atoms with E-state index in [4.69, 9.17) is 16.6 Å². The van der Waals surface area contributed by atoms with Gasteiger partial charge >= 0.3 is 0 Å². The molecule has 5 rings (SSSR count). The van der Waals surface area contributed by atoms with Gasteiger partial charge in [-0.2, -0.15) is 0 Å². The zero-order valence-electron chi connectivity index (χ0n) is 12.3. The van der Waals surface area contributed by atoms with Crippen molar-refractivity contribution >= 4 is 28.4 Å². The molecule has 0 unspecified atom stereocenters. The molecule has 114 valence electrons. The first-order valence-corrected chi connectivity index (χ1v) is 8.14. The molecule has 4 heterocycles. The Bertz CT molecular complexity index is 733. The van der Waals surface area contributed by atoms with Crippen molar-refractivity contribution in [3.8, 4) is 0 Å². The molecule has 2 aromatic rings. The number of hydrogen-bond acceptors (Lipinski definition) is 3. The van der Waals surface area contributed by atoms with Gasteiger partial charge in [0.25, 0.3) is 0 Å². The predicted octanol–water partition coefficient (Wildman–Crippen LogP) is 2.60. The number of rotatable bonds is 2. The lowest BCUT2D eigenvalue weighted by atomic mass is 9.96. The topological polar surface area (TPSA) is 45.2 Å². The van der Waals surface area contributed by atoms with Gasteiger partial charge in [-0.1, -0.05) is 29.8 Å². The molecule has 2 atom stereocenters. The molecule has 1 amide bonds. The Morgan fingerprint density at radius 3 is 3.00 bits per heavy atom. The Kier molecular flexibility index (Phi) is 3.51. The first-order chi connectivity index (χ1) is 10.7. The summed E-state index contributed by atoms with van der Waals surface area (Å²) in [6.45, 7) is 2.50. The lowest BCUT2D eigenvalue weighted by Crippen LogP contribution is -2.43. The quantitative estimate of drug-likeness (QED) is 0.926. The Morgan fingerprint density at radius 1 is 1.23 bits per heavy atom. The highest BCUT2D eigenvalue weighted by Gasteiger charge is 2.34. The van der Waals surface area contributed by atoms with Crippen molar-refractivity contribution in [2.75, 3.05) is 13.1 Å². The lowest BCUT2D eigenvalue weighted by Gasteiger charge is -2.23. The first-order valence-electron chi connectivity index (χ1n) is 7.76. The number of carbonyl (C=O) groups excluding carboxylic acids is 1. The maximum absolute atomic E-state index is 11.9. The van der Waals surface area contributed by atoms with Crippen LogP contribution in [0.4, 0.5) is 0 Å². The Morgan fingerprint density at radius 2 is 2.14 bits per heavy atom. The number of aromatic nitrogens is 1. The maximum atomic E-state index is 11.9. The highest BCUT2D eigenvalue weighted by atomic mass is 35.5. The van der Waals surface area contributed by atoms with Crippen LogP contribution in [0.15, 0.2) is 30.3 Å². The molecule has 1 N–H and O–H groups in total. The second kappa shape index (κ2) is 5.52. The largest absolute Gasteiger partial charge is 0.352 e. The van der Waals surface area contributed by atoms with Gasteiger partial charge < -0.3 is 5.32 Å². The van der Waals surface area contributed by atoms with Crippen LogP contribution in [0.2, 0.25) is 5.02 Å². The van der Waals surface area contributed by atoms with E-state index in [2.05, 4.69) is 22.3 Å². The molecule has 5 heteroatoms. The van der Waals surface area contributed by atoms with Crippen LogP contribution in [-0.2, 0) is 11.3 Å². The zero-order valence-corrected chi connectivity index (χ0v) is 13.0. The van der Waals surface area contributed by atoms with Crippen LogP contribution in [0, 0.1) is 5.92 Å². The number of pyridine rings is 1. The third-order valence-corrected chi connectivity index (χ3v) is 4.96. The zero-order chi connectivity index (χ0) is 15.1. The van der Waals surface area contributed by atoms with Gasteiger partial charge in [-0.25, -0.2) is 4.98 Å². The molecular weight excluding hydrogens is 298 g/mol. The average molecular weight is 316 g/mol. The van der Waals surface area contributed by atoms with Crippen molar-refractivity contribution in [1.29, 1.82) is 0 Å². The molecular formula is C17H18ClN3O. The smallest absolute Gasteiger partial charge is 0.224 e. The van der Waals surface area contributed by atoms with Crippen LogP contribution < -0.4 is 5.32 Å². The van der Waals surface area contributed by atoms with Crippen molar-refractivity contribution in [2.24, 2.45) is 5.92 Å². The van der Waals surface area contributed by atoms with E-state index < -0.39 is 0 Å². The number of carbonyl (C=O) groups is 1. The summed E-state index contributed by atoms with van der Waals surface area (Å²) in [7, 11) is 0. The summed E-state index contributed by atoms with van der Waals surface area (Å²) in [6.07, 6.45) is 2.09. The molecule has 0 saturated carbocycles. The summed E-state index contributed by atoms with van der Waals surface area (Å²) in [5, 5.41) is 4.86. The number of halogens is 1. The number of piperidine rings is 1. The van der Waals surface area contributed by atoms with Gasteiger partial charge in [-0.15, -0.1) is 0 Å². The van der Waals surface area contributed by atoms with Gasteiger partial charge in [0.05, 0.1) is 22.2 Å². The van der Waals surface area contributed by atoms with Crippen molar-refractivity contribution in [1.82, 2.24) is 15.2 Å². The summed E-state index contributed by atoms with van der Waals surface area (Å²) in [6, 6.07) is 10.2. The fraction of sp³-hybridized carbons (Fsp3) is 0.412. The Balaban J connectivity index is 1.58. The number of nitrogens with zero attached hydrogens (tertiary/aromatic N) is 2. The molecule has 3 aliphatic rings. The molecule has 4 nitrogen and oxygen atoms in total. The van der Waals surface area contributed by atoms with Crippen molar-refractivity contribution in [2.45, 2.75) is 25.4 Å². The number of fused-ring (bicyclic) bond motifs is 5. The molecule has 2 bridgehead atoms. The van der Waals surface area contributed by atoms with Crippen LogP contribution in [0.5, 0.6) is 0 Å². The molecule has 3 fully saturated rings. The fourth-order valence-electron chi connectivity index (χ4n) is 3.53. The lowest BCUT2D eigenvalue weighted by molar-refractivity contribution is -0.126. The van der Waals surface area contributed by atoms with Gasteiger partial charge in [-0.05, 0) is 25.0 Å². The normalized spacial score (nSPS) is 25.2. The van der Waals surface area contributed by atoms with Crippen LogP contribution in [0.25, 0.3) is 10.9 Å². The minimum atomic E-state index is 0.128. The average Bonchev–Trinajstić information content (AvgIpc) is 2.78. The molecule has 0 aliphatic carbocycles. The standard InChI is InChI=1S/C17H18ClN3O/c18-15-3-1-2-11-4-6-13(19-16(11)15)9-21-8-12-5-7-14(10-21)20-17(12)22/h1-4,6,12,14H,5,7-10H2,(H,20,22)/t12-,14+/m1/s1. The number of hydrogen-bond donors (Lipinski definition) is 1. The third-order valence-electron chi connectivity index (χ3n) is 4.65. The van der Waals surface area contributed by atoms with Crippen molar-refractivity contribution in [3.63, 3.8) is 0 Å². The van der Waals surface area contributed by atoms with Gasteiger partial charge in [0.1, 0.15) is 0 Å². The highest BCUT2D eigenvalue weighted by Crippen LogP contribution is 2.25. The molecule has 3 saturated heterocycles. The number of amides is 1. The number of nitrogens with one attached hydrogen (secondary N) is 1. The molecule has 3 aliphatic heterocycles. The van der Waals surface area contributed by atoms with Gasteiger partial charge in [-0.3, -0.25) is 9.69 Å². The van der Waals surface area contributed by atoms with E-state index in [0.29, 0.717) is 5.02 Å². The van der Waals surface area contributed by atoms with Crippen LogP contribution in [0.3, 0.4) is 0 Å². The van der Waals surface area contributed by atoms with E-state index in [1.165, 1.54) is 0 Å². The van der Waals surface area contributed by atoms with E-state index in [1.807, 2.05) is 18.2 Å². The second-order valence-corrected chi connectivity index (χ2v) is 6.70. The first kappa shape index (κ1) is 14.0. The summed E-state index contributed by atoms with van der Waals surface area (Å²) < 4.78 is 0. The maximum Gasteiger partial charge on any atom is 0.224 e. The predicted molar refractivity (Wildman–Crippen MR) is 86.7 cm³/mol. The minimum absolute atomic E-state index is 0.128. The third kappa shape index (κ3) is 2.57. The van der Waals surface area contributed by atoms with Gasteiger partial charge in [0, 0.05) is 31.1 Å². The van der Waals surface area contributed by atoms with Gasteiger partial charge in [0.2, 0.25) is 5.91 Å². The molecule has 22 heavy (non-hydrogen) atoms. The summed E-state index contributed by atoms with van der Waals surface area (Å²) in [4.78, 5) is 19.0. The van der Waals surface area contributed by atoms with E-state index in [9.17, 15) is 4.79 Å². The van der Waals surface area contributed by atoms with Gasteiger partial charge in [0.15, 0.2) is 0 Å². The monoisotopic (exact) mass is 315 g/mol. The molecule has 0 radical (unpaired) electrons. The van der Waals surface area contributed by atoms with Crippen LogP contribution in [0.1, 0.15) is 18.5 Å². The van der Waals surface area contributed by atoms with E-state index in [-0.39, 0.29) is 17.9 Å².